The third-order valence-electron chi connectivity index (χ3n) is 6.38. The van der Waals surface area contributed by atoms with Gasteiger partial charge in [0.2, 0.25) is 0 Å². The van der Waals surface area contributed by atoms with Crippen molar-refractivity contribution in [3.05, 3.63) is 92.4 Å². The van der Waals surface area contributed by atoms with Gasteiger partial charge in [-0.1, -0.05) is 76.4 Å². The first-order valence-electron chi connectivity index (χ1n) is 11.2. The first kappa shape index (κ1) is 23.2. The van der Waals surface area contributed by atoms with Gasteiger partial charge in [-0.15, -0.1) is 0 Å². The number of hydrazone groups is 1. The fraction of sp³-hybridized carbons (Fsp3) is 0.231. The van der Waals surface area contributed by atoms with Crippen molar-refractivity contribution >= 4 is 62.1 Å². The molecule has 34 heavy (non-hydrogen) atoms. The molecule has 174 valence electrons. The van der Waals surface area contributed by atoms with Crippen molar-refractivity contribution < 1.29 is 4.79 Å². The SMILES string of the molecule is CC[C@H]1C(C(=O)NN2CCc3ccccc32)=NN(c2ccc(Cl)cc2Cl)[C@H]1c1ccc(Br)cc1. The van der Waals surface area contributed by atoms with Gasteiger partial charge in [0, 0.05) is 22.0 Å². The quantitative estimate of drug-likeness (QED) is 0.375. The molecule has 0 radical (unpaired) electrons. The predicted molar refractivity (Wildman–Crippen MR) is 143 cm³/mol. The van der Waals surface area contributed by atoms with Gasteiger partial charge in [0.15, 0.2) is 0 Å². The number of hydrogen-bond donors (Lipinski definition) is 1. The summed E-state index contributed by atoms with van der Waals surface area (Å²) in [7, 11) is 0. The van der Waals surface area contributed by atoms with Crippen LogP contribution in [0.3, 0.4) is 0 Å². The van der Waals surface area contributed by atoms with Crippen molar-refractivity contribution in [3.8, 4) is 0 Å². The number of carbonyl (C=O) groups excluding carboxylic acids is 1. The van der Waals surface area contributed by atoms with Crippen molar-refractivity contribution in [1.29, 1.82) is 0 Å². The van der Waals surface area contributed by atoms with E-state index in [0.717, 1.165) is 35.1 Å². The summed E-state index contributed by atoms with van der Waals surface area (Å²) in [6, 6.07) is 21.4. The van der Waals surface area contributed by atoms with Gasteiger partial charge in [0.05, 0.1) is 22.4 Å². The second-order valence-electron chi connectivity index (χ2n) is 8.41. The van der Waals surface area contributed by atoms with Gasteiger partial charge in [0.1, 0.15) is 5.71 Å². The average molecular weight is 558 g/mol. The highest BCUT2D eigenvalue weighted by molar-refractivity contribution is 9.10. The monoisotopic (exact) mass is 556 g/mol. The molecule has 0 spiro atoms. The van der Waals surface area contributed by atoms with Crippen molar-refractivity contribution in [3.63, 3.8) is 0 Å². The van der Waals surface area contributed by atoms with Gasteiger partial charge in [0.25, 0.3) is 5.91 Å². The lowest BCUT2D eigenvalue weighted by Crippen LogP contribution is -2.46. The van der Waals surface area contributed by atoms with Gasteiger partial charge in [-0.2, -0.15) is 5.10 Å². The fourth-order valence-electron chi connectivity index (χ4n) is 4.74. The van der Waals surface area contributed by atoms with Crippen LogP contribution in [0.15, 0.2) is 76.3 Å². The Morgan fingerprint density at radius 2 is 1.85 bits per heavy atom. The summed E-state index contributed by atoms with van der Waals surface area (Å²) >= 11 is 16.3. The van der Waals surface area contributed by atoms with E-state index in [4.69, 9.17) is 28.3 Å². The van der Waals surface area contributed by atoms with E-state index in [-0.39, 0.29) is 17.9 Å². The van der Waals surface area contributed by atoms with Crippen molar-refractivity contribution in [2.24, 2.45) is 11.0 Å². The van der Waals surface area contributed by atoms with Gasteiger partial charge < -0.3 is 0 Å². The largest absolute Gasteiger partial charge is 0.286 e. The molecular weight excluding hydrogens is 535 g/mol. The van der Waals surface area contributed by atoms with E-state index < -0.39 is 0 Å². The summed E-state index contributed by atoms with van der Waals surface area (Å²) in [5.41, 5.74) is 7.61. The first-order chi connectivity index (χ1) is 16.5. The number of benzene rings is 3. The summed E-state index contributed by atoms with van der Waals surface area (Å²) in [6.45, 7) is 2.81. The molecule has 5 rings (SSSR count). The summed E-state index contributed by atoms with van der Waals surface area (Å²) in [5.74, 6) is -0.316. The number of hydrazine groups is 1. The van der Waals surface area contributed by atoms with Crippen LogP contribution >= 0.6 is 39.1 Å². The van der Waals surface area contributed by atoms with Gasteiger partial charge in [-0.25, -0.2) is 0 Å². The van der Waals surface area contributed by atoms with Crippen LogP contribution in [0.5, 0.6) is 0 Å². The predicted octanol–water partition coefficient (Wildman–Crippen LogP) is 6.79. The fourth-order valence-corrected chi connectivity index (χ4v) is 5.50. The summed E-state index contributed by atoms with van der Waals surface area (Å²) in [5, 5.41) is 9.67. The normalized spacial score (nSPS) is 19.2. The standard InChI is InChI=1S/C26H23BrCl2N4O/c1-2-20-24(26(34)31-32-14-13-16-5-3-4-6-22(16)32)30-33(23-12-11-19(28)15-21(23)29)25(20)17-7-9-18(27)10-8-17/h3-12,15,20,25H,2,13-14H2,1H3,(H,31,34)/t20-,25-/m0/s1. The maximum Gasteiger partial charge on any atom is 0.286 e. The summed E-state index contributed by atoms with van der Waals surface area (Å²) in [6.07, 6.45) is 1.64. The molecule has 0 saturated heterocycles. The molecule has 2 aliphatic heterocycles. The molecule has 0 fully saturated rings. The van der Waals surface area contributed by atoms with Crippen LogP contribution in [-0.2, 0) is 11.2 Å². The highest BCUT2D eigenvalue weighted by Crippen LogP contribution is 2.44. The van der Waals surface area contributed by atoms with E-state index in [0.29, 0.717) is 21.4 Å². The molecule has 3 aromatic carbocycles. The Hall–Kier alpha value is -2.54. The molecule has 2 aliphatic rings. The van der Waals surface area contributed by atoms with Crippen LogP contribution in [0, 0.1) is 5.92 Å². The van der Waals surface area contributed by atoms with E-state index in [9.17, 15) is 4.79 Å². The van der Waals surface area contributed by atoms with Crippen molar-refractivity contribution in [1.82, 2.24) is 5.43 Å². The number of hydrogen-bond acceptors (Lipinski definition) is 4. The second kappa shape index (κ2) is 9.61. The molecule has 0 saturated carbocycles. The molecule has 8 heteroatoms. The number of rotatable bonds is 5. The van der Waals surface area contributed by atoms with Gasteiger partial charge in [-0.05, 0) is 60.4 Å². The van der Waals surface area contributed by atoms with Crippen LogP contribution in [0.25, 0.3) is 0 Å². The molecular formula is C26H23BrCl2N4O. The number of nitrogens with one attached hydrogen (secondary N) is 1. The lowest BCUT2D eigenvalue weighted by molar-refractivity contribution is -0.115. The van der Waals surface area contributed by atoms with Crippen molar-refractivity contribution in [2.45, 2.75) is 25.8 Å². The van der Waals surface area contributed by atoms with Gasteiger partial charge in [-0.3, -0.25) is 20.2 Å². The van der Waals surface area contributed by atoms with Gasteiger partial charge >= 0.3 is 0 Å². The number of fused-ring (bicyclic) bond motifs is 1. The molecule has 0 aliphatic carbocycles. The third-order valence-corrected chi connectivity index (χ3v) is 7.44. The number of anilines is 2. The van der Waals surface area contributed by atoms with Crippen LogP contribution in [0.2, 0.25) is 10.0 Å². The van der Waals surface area contributed by atoms with Crippen molar-refractivity contribution in [2.75, 3.05) is 16.6 Å². The lowest BCUT2D eigenvalue weighted by atomic mass is 9.87. The molecule has 5 nitrogen and oxygen atoms in total. The van der Waals surface area contributed by atoms with E-state index in [1.807, 2.05) is 46.4 Å². The zero-order chi connectivity index (χ0) is 23.8. The number of amides is 1. The number of carbonyl (C=O) groups is 1. The number of halogens is 3. The minimum atomic E-state index is -0.196. The topological polar surface area (TPSA) is 47.9 Å². The van der Waals surface area contributed by atoms with E-state index in [1.165, 1.54) is 5.56 Å². The van der Waals surface area contributed by atoms with Crippen LogP contribution in [0.1, 0.15) is 30.5 Å². The molecule has 0 unspecified atom stereocenters. The lowest BCUT2D eigenvalue weighted by Gasteiger charge is -2.29. The maximum absolute atomic E-state index is 13.6. The van der Waals surface area contributed by atoms with Crippen LogP contribution < -0.4 is 15.4 Å². The number of nitrogens with zero attached hydrogens (tertiary/aromatic N) is 3. The smallest absolute Gasteiger partial charge is 0.285 e. The zero-order valence-corrected chi connectivity index (χ0v) is 21.6. The summed E-state index contributed by atoms with van der Waals surface area (Å²) in [4.78, 5) is 13.6. The Morgan fingerprint density at radius 1 is 1.09 bits per heavy atom. The highest BCUT2D eigenvalue weighted by atomic mass is 79.9. The number of para-hydroxylation sites is 1. The van der Waals surface area contributed by atoms with E-state index >= 15 is 0 Å². The third kappa shape index (κ3) is 4.30. The Bertz CT molecular complexity index is 1260. The highest BCUT2D eigenvalue weighted by Gasteiger charge is 2.42. The minimum absolute atomic E-state index is 0.120. The zero-order valence-electron chi connectivity index (χ0n) is 18.5. The minimum Gasteiger partial charge on any atom is -0.285 e. The Morgan fingerprint density at radius 3 is 2.59 bits per heavy atom. The Balaban J connectivity index is 1.52. The van der Waals surface area contributed by atoms with Crippen LogP contribution in [-0.4, -0.2) is 18.2 Å². The molecule has 3 aromatic rings. The molecule has 2 atom stereocenters. The molecule has 2 heterocycles. The first-order valence-corrected chi connectivity index (χ1v) is 12.8. The molecule has 0 aromatic heterocycles. The Kier molecular flexibility index (Phi) is 6.56. The van der Waals surface area contributed by atoms with Crippen LogP contribution in [0.4, 0.5) is 11.4 Å². The second-order valence-corrected chi connectivity index (χ2v) is 10.2. The molecule has 1 amide bonds. The van der Waals surface area contributed by atoms with E-state index in [1.54, 1.807) is 12.1 Å². The molecule has 1 N–H and O–H groups in total. The van der Waals surface area contributed by atoms with E-state index in [2.05, 4.69) is 46.5 Å². The average Bonchev–Trinajstić information content (AvgIpc) is 3.41. The Labute approximate surface area is 217 Å². The molecule has 0 bridgehead atoms. The maximum atomic E-state index is 13.6. The summed E-state index contributed by atoms with van der Waals surface area (Å²) < 4.78 is 0.991.